The van der Waals surface area contributed by atoms with Gasteiger partial charge in [0, 0.05) is 12.8 Å². The molecule has 18 heavy (non-hydrogen) atoms. The molecule has 1 aliphatic rings. The van der Waals surface area contributed by atoms with E-state index in [4.69, 9.17) is 4.74 Å². The second kappa shape index (κ2) is 5.21. The van der Waals surface area contributed by atoms with Crippen LogP contribution in [-0.4, -0.2) is 24.3 Å². The van der Waals surface area contributed by atoms with Gasteiger partial charge in [-0.15, -0.1) is 0 Å². The van der Waals surface area contributed by atoms with Crippen LogP contribution in [0.25, 0.3) is 0 Å². The Bertz CT molecular complexity index is 482. The van der Waals surface area contributed by atoms with Crippen LogP contribution < -0.4 is 10.1 Å². The summed E-state index contributed by atoms with van der Waals surface area (Å²) < 4.78 is 5.62. The van der Waals surface area contributed by atoms with Crippen molar-refractivity contribution in [3.8, 4) is 5.75 Å². The molecule has 96 valence electrons. The van der Waals surface area contributed by atoms with Crippen molar-refractivity contribution in [3.05, 3.63) is 29.3 Å². The van der Waals surface area contributed by atoms with Gasteiger partial charge in [-0.05, 0) is 18.6 Å². The van der Waals surface area contributed by atoms with Crippen LogP contribution in [0.3, 0.4) is 0 Å². The molecule has 1 amide bonds. The lowest BCUT2D eigenvalue weighted by atomic mass is 10.00. The fourth-order valence-corrected chi connectivity index (χ4v) is 2.07. The molecule has 0 saturated heterocycles. The molecule has 1 aromatic carbocycles. The SMILES string of the molecule is CCC(=O)NC1CCOc2c(C)cccc2C1=O. The number of hydrogen-bond donors (Lipinski definition) is 1. The Labute approximate surface area is 106 Å². The van der Waals surface area contributed by atoms with Gasteiger partial charge in [-0.2, -0.15) is 0 Å². The predicted octanol–water partition coefficient (Wildman–Crippen LogP) is 1.86. The van der Waals surface area contributed by atoms with Crippen LogP contribution in [0.1, 0.15) is 35.7 Å². The number of amides is 1. The number of benzene rings is 1. The van der Waals surface area contributed by atoms with Crippen molar-refractivity contribution in [1.29, 1.82) is 0 Å². The number of carbonyl (C=O) groups is 2. The molecule has 2 rings (SSSR count). The minimum absolute atomic E-state index is 0.0620. The quantitative estimate of drug-likeness (QED) is 0.867. The molecule has 1 aliphatic heterocycles. The van der Waals surface area contributed by atoms with Crippen molar-refractivity contribution >= 4 is 11.7 Å². The van der Waals surface area contributed by atoms with Crippen molar-refractivity contribution in [2.75, 3.05) is 6.61 Å². The van der Waals surface area contributed by atoms with Gasteiger partial charge in [0.05, 0.1) is 18.2 Å². The molecule has 0 spiro atoms. The number of ether oxygens (including phenoxy) is 1. The second-order valence-electron chi connectivity index (χ2n) is 4.43. The first kappa shape index (κ1) is 12.6. The summed E-state index contributed by atoms with van der Waals surface area (Å²) in [4.78, 5) is 23.8. The lowest BCUT2D eigenvalue weighted by Crippen LogP contribution is -2.40. The third-order valence-electron chi connectivity index (χ3n) is 3.10. The number of aryl methyl sites for hydroxylation is 1. The summed E-state index contributed by atoms with van der Waals surface area (Å²) in [6.07, 6.45) is 0.893. The van der Waals surface area contributed by atoms with Crippen molar-refractivity contribution in [2.24, 2.45) is 0 Å². The normalized spacial score (nSPS) is 18.6. The zero-order chi connectivity index (χ0) is 13.1. The number of nitrogens with one attached hydrogen (secondary N) is 1. The Balaban J connectivity index is 2.29. The highest BCUT2D eigenvalue weighted by molar-refractivity contribution is 6.04. The smallest absolute Gasteiger partial charge is 0.220 e. The molecule has 1 aromatic rings. The van der Waals surface area contributed by atoms with Gasteiger partial charge in [-0.3, -0.25) is 9.59 Å². The molecular formula is C14H17NO3. The number of fused-ring (bicyclic) bond motifs is 1. The highest BCUT2D eigenvalue weighted by Gasteiger charge is 2.27. The number of rotatable bonds is 2. The topological polar surface area (TPSA) is 55.4 Å². The highest BCUT2D eigenvalue weighted by atomic mass is 16.5. The van der Waals surface area contributed by atoms with Crippen LogP contribution in [0.5, 0.6) is 5.75 Å². The molecule has 4 nitrogen and oxygen atoms in total. The van der Waals surface area contributed by atoms with Crippen LogP contribution >= 0.6 is 0 Å². The van der Waals surface area contributed by atoms with E-state index in [1.54, 1.807) is 13.0 Å². The van der Waals surface area contributed by atoms with Crippen molar-refractivity contribution in [2.45, 2.75) is 32.7 Å². The highest BCUT2D eigenvalue weighted by Crippen LogP contribution is 2.27. The van der Waals surface area contributed by atoms with Crippen molar-refractivity contribution < 1.29 is 14.3 Å². The minimum atomic E-state index is -0.472. The summed E-state index contributed by atoms with van der Waals surface area (Å²) in [5.41, 5.74) is 1.51. The van der Waals surface area contributed by atoms with Crippen LogP contribution in [0.4, 0.5) is 0 Å². The first-order valence-corrected chi connectivity index (χ1v) is 6.19. The molecule has 1 heterocycles. The molecule has 0 fully saturated rings. The summed E-state index contributed by atoms with van der Waals surface area (Å²) in [5, 5.41) is 2.75. The number of para-hydroxylation sites is 1. The van der Waals surface area contributed by atoms with Crippen LogP contribution in [0, 0.1) is 6.92 Å². The number of ketones is 1. The van der Waals surface area contributed by atoms with Gasteiger partial charge in [-0.25, -0.2) is 0 Å². The summed E-state index contributed by atoms with van der Waals surface area (Å²) in [6.45, 7) is 4.13. The Morgan fingerprint density at radius 2 is 2.28 bits per heavy atom. The Morgan fingerprint density at radius 3 is 3.00 bits per heavy atom. The number of Topliss-reactive ketones (excluding diaryl/α,β-unsaturated/α-hetero) is 1. The largest absolute Gasteiger partial charge is 0.492 e. The average Bonchev–Trinajstić information content (AvgIpc) is 2.52. The maximum atomic E-state index is 12.3. The average molecular weight is 247 g/mol. The lowest BCUT2D eigenvalue weighted by Gasteiger charge is -2.14. The van der Waals surface area contributed by atoms with Gasteiger partial charge in [0.1, 0.15) is 5.75 Å². The van der Waals surface area contributed by atoms with Crippen LogP contribution in [0.2, 0.25) is 0 Å². The van der Waals surface area contributed by atoms with Crippen LogP contribution in [-0.2, 0) is 4.79 Å². The lowest BCUT2D eigenvalue weighted by molar-refractivity contribution is -0.121. The van der Waals surface area contributed by atoms with E-state index in [0.717, 1.165) is 5.56 Å². The maximum absolute atomic E-state index is 12.3. The van der Waals surface area contributed by atoms with Gasteiger partial charge in [0.25, 0.3) is 0 Å². The Kier molecular flexibility index (Phi) is 3.65. The van der Waals surface area contributed by atoms with E-state index < -0.39 is 6.04 Å². The fraction of sp³-hybridized carbons (Fsp3) is 0.429. The molecule has 4 heteroatoms. The zero-order valence-electron chi connectivity index (χ0n) is 10.7. The van der Waals surface area contributed by atoms with Crippen molar-refractivity contribution in [3.63, 3.8) is 0 Å². The van der Waals surface area contributed by atoms with E-state index >= 15 is 0 Å². The maximum Gasteiger partial charge on any atom is 0.220 e. The van der Waals surface area contributed by atoms with E-state index in [0.29, 0.717) is 30.8 Å². The summed E-state index contributed by atoms with van der Waals surface area (Å²) in [7, 11) is 0. The first-order valence-electron chi connectivity index (χ1n) is 6.19. The van der Waals surface area contributed by atoms with Crippen molar-refractivity contribution in [1.82, 2.24) is 5.32 Å². The molecule has 0 aromatic heterocycles. The molecule has 0 saturated carbocycles. The van der Waals surface area contributed by atoms with Crippen LogP contribution in [0.15, 0.2) is 18.2 Å². The van der Waals surface area contributed by atoms with E-state index in [-0.39, 0.29) is 11.7 Å². The van der Waals surface area contributed by atoms with E-state index in [1.807, 2.05) is 19.1 Å². The molecule has 1 unspecified atom stereocenters. The number of carbonyl (C=O) groups excluding carboxylic acids is 2. The Morgan fingerprint density at radius 1 is 1.50 bits per heavy atom. The third-order valence-corrected chi connectivity index (χ3v) is 3.10. The monoisotopic (exact) mass is 247 g/mol. The molecule has 1 N–H and O–H groups in total. The van der Waals surface area contributed by atoms with E-state index in [1.165, 1.54) is 0 Å². The van der Waals surface area contributed by atoms with E-state index in [9.17, 15) is 9.59 Å². The first-order chi connectivity index (χ1) is 8.63. The van der Waals surface area contributed by atoms with Gasteiger partial charge in [-0.1, -0.05) is 19.1 Å². The summed E-state index contributed by atoms with van der Waals surface area (Å²) >= 11 is 0. The molecule has 1 atom stereocenters. The second-order valence-corrected chi connectivity index (χ2v) is 4.43. The fourth-order valence-electron chi connectivity index (χ4n) is 2.07. The minimum Gasteiger partial charge on any atom is -0.492 e. The Hall–Kier alpha value is -1.84. The standard InChI is InChI=1S/C14H17NO3/c1-3-12(16)15-11-7-8-18-14-9(2)5-4-6-10(14)13(11)17/h4-6,11H,3,7-8H2,1-2H3,(H,15,16). The third kappa shape index (κ3) is 2.37. The van der Waals surface area contributed by atoms with Gasteiger partial charge < -0.3 is 10.1 Å². The number of hydrogen-bond acceptors (Lipinski definition) is 3. The molecular weight excluding hydrogens is 230 g/mol. The molecule has 0 bridgehead atoms. The van der Waals surface area contributed by atoms with E-state index in [2.05, 4.69) is 5.32 Å². The zero-order valence-corrected chi connectivity index (χ0v) is 10.7. The van der Waals surface area contributed by atoms with Gasteiger partial charge in [0.2, 0.25) is 5.91 Å². The summed E-state index contributed by atoms with van der Waals surface area (Å²) in [6, 6.07) is 5.03. The summed E-state index contributed by atoms with van der Waals surface area (Å²) in [5.74, 6) is 0.480. The van der Waals surface area contributed by atoms with Gasteiger partial charge >= 0.3 is 0 Å². The van der Waals surface area contributed by atoms with Gasteiger partial charge in [0.15, 0.2) is 5.78 Å². The molecule has 0 aliphatic carbocycles. The predicted molar refractivity (Wildman–Crippen MR) is 67.8 cm³/mol. The molecule has 0 radical (unpaired) electrons.